The lowest BCUT2D eigenvalue weighted by Gasteiger charge is -2.26. The predicted octanol–water partition coefficient (Wildman–Crippen LogP) is 3.36. The van der Waals surface area contributed by atoms with Gasteiger partial charge in [0.05, 0.1) is 29.6 Å². The van der Waals surface area contributed by atoms with Gasteiger partial charge in [-0.2, -0.15) is 5.10 Å². The Hall–Kier alpha value is -2.28. The second-order valence-electron chi connectivity index (χ2n) is 7.60. The number of fused-ring (bicyclic) bond motifs is 1. The Kier molecular flexibility index (Phi) is 4.72. The number of rotatable bonds is 4. The molecule has 1 atom stereocenters. The van der Waals surface area contributed by atoms with Gasteiger partial charge in [-0.25, -0.2) is 19.6 Å². The normalized spacial score (nSPS) is 25.3. The molecule has 0 aromatic carbocycles. The van der Waals surface area contributed by atoms with Gasteiger partial charge in [-0.15, -0.1) is 0 Å². The van der Waals surface area contributed by atoms with Crippen LogP contribution in [-0.2, 0) is 0 Å². The summed E-state index contributed by atoms with van der Waals surface area (Å²) < 4.78 is 2.03. The second-order valence-corrected chi connectivity index (χ2v) is 7.60. The zero-order chi connectivity index (χ0) is 18.1. The SMILES string of the molecule is CC(C)C1CC=Nc2c(-c3ccnc(NC4CCC(O)CC4)n3)cnn21. The average Bonchev–Trinajstić information content (AvgIpc) is 3.08. The molecule has 2 aromatic rings. The highest BCUT2D eigenvalue weighted by atomic mass is 16.3. The van der Waals surface area contributed by atoms with Crippen molar-refractivity contribution in [3.05, 3.63) is 18.5 Å². The van der Waals surface area contributed by atoms with Gasteiger partial charge in [0.2, 0.25) is 5.95 Å². The van der Waals surface area contributed by atoms with Gasteiger partial charge in [-0.1, -0.05) is 13.8 Å². The molecule has 0 saturated heterocycles. The van der Waals surface area contributed by atoms with E-state index in [0.717, 1.165) is 49.2 Å². The average molecular weight is 354 g/mol. The van der Waals surface area contributed by atoms with E-state index in [2.05, 4.69) is 34.2 Å². The van der Waals surface area contributed by atoms with Gasteiger partial charge in [0.1, 0.15) is 0 Å². The summed E-state index contributed by atoms with van der Waals surface area (Å²) in [4.78, 5) is 13.6. The van der Waals surface area contributed by atoms with Crippen LogP contribution in [0, 0.1) is 5.92 Å². The number of hydrogen-bond acceptors (Lipinski definition) is 6. The topological polar surface area (TPSA) is 88.2 Å². The third kappa shape index (κ3) is 3.35. The summed E-state index contributed by atoms with van der Waals surface area (Å²) in [5.74, 6) is 2.00. The molecule has 0 radical (unpaired) electrons. The van der Waals surface area contributed by atoms with E-state index in [1.807, 2.05) is 23.2 Å². The second kappa shape index (κ2) is 7.15. The van der Waals surface area contributed by atoms with Gasteiger partial charge in [-0.05, 0) is 37.7 Å². The van der Waals surface area contributed by atoms with E-state index in [1.54, 1.807) is 6.20 Å². The molecule has 138 valence electrons. The van der Waals surface area contributed by atoms with Crippen molar-refractivity contribution in [1.29, 1.82) is 0 Å². The van der Waals surface area contributed by atoms with E-state index in [4.69, 9.17) is 4.98 Å². The molecule has 0 spiro atoms. The lowest BCUT2D eigenvalue weighted by Crippen LogP contribution is -2.28. The highest BCUT2D eigenvalue weighted by Gasteiger charge is 2.25. The first-order chi connectivity index (χ1) is 12.6. The molecular weight excluding hydrogens is 328 g/mol. The van der Waals surface area contributed by atoms with Crippen LogP contribution in [-0.4, -0.2) is 43.2 Å². The summed E-state index contributed by atoms with van der Waals surface area (Å²) in [6, 6.07) is 2.56. The molecule has 1 fully saturated rings. The monoisotopic (exact) mass is 354 g/mol. The van der Waals surface area contributed by atoms with Crippen molar-refractivity contribution in [2.45, 2.75) is 64.1 Å². The lowest BCUT2D eigenvalue weighted by atomic mass is 9.93. The molecule has 2 N–H and O–H groups in total. The maximum Gasteiger partial charge on any atom is 0.223 e. The van der Waals surface area contributed by atoms with Crippen LogP contribution in [0.25, 0.3) is 11.3 Å². The molecule has 7 nitrogen and oxygen atoms in total. The Morgan fingerprint density at radius 3 is 2.81 bits per heavy atom. The molecule has 2 aromatic heterocycles. The minimum absolute atomic E-state index is 0.161. The highest BCUT2D eigenvalue weighted by Crippen LogP contribution is 2.36. The summed E-state index contributed by atoms with van der Waals surface area (Å²) in [7, 11) is 0. The quantitative estimate of drug-likeness (QED) is 0.879. The van der Waals surface area contributed by atoms with E-state index >= 15 is 0 Å². The van der Waals surface area contributed by atoms with E-state index in [9.17, 15) is 5.11 Å². The Balaban J connectivity index is 1.57. The Labute approximate surface area is 153 Å². The van der Waals surface area contributed by atoms with Crippen molar-refractivity contribution in [2.24, 2.45) is 10.9 Å². The molecule has 7 heteroatoms. The molecule has 3 heterocycles. The smallest absolute Gasteiger partial charge is 0.223 e. The summed E-state index contributed by atoms with van der Waals surface area (Å²) in [6.07, 6.45) is 9.92. The van der Waals surface area contributed by atoms with E-state index in [1.165, 1.54) is 0 Å². The van der Waals surface area contributed by atoms with Gasteiger partial charge in [0, 0.05) is 24.9 Å². The maximum absolute atomic E-state index is 9.65. The Bertz CT molecular complexity index is 791. The summed E-state index contributed by atoms with van der Waals surface area (Å²) >= 11 is 0. The number of nitrogens with one attached hydrogen (secondary N) is 1. The van der Waals surface area contributed by atoms with Crippen LogP contribution < -0.4 is 5.32 Å². The number of aromatic nitrogens is 4. The van der Waals surface area contributed by atoms with Crippen molar-refractivity contribution >= 4 is 18.0 Å². The van der Waals surface area contributed by atoms with E-state index < -0.39 is 0 Å². The first-order valence-corrected chi connectivity index (χ1v) is 9.50. The fourth-order valence-electron chi connectivity index (χ4n) is 3.79. The molecule has 1 unspecified atom stereocenters. The molecule has 4 rings (SSSR count). The molecule has 26 heavy (non-hydrogen) atoms. The molecule has 0 amide bonds. The molecular formula is C19H26N6O. The minimum atomic E-state index is -0.161. The van der Waals surface area contributed by atoms with Crippen molar-refractivity contribution in [2.75, 3.05) is 5.32 Å². The summed E-state index contributed by atoms with van der Waals surface area (Å²) in [6.45, 7) is 4.42. The third-order valence-electron chi connectivity index (χ3n) is 5.37. The minimum Gasteiger partial charge on any atom is -0.393 e. The van der Waals surface area contributed by atoms with Crippen molar-refractivity contribution in [3.8, 4) is 11.3 Å². The number of aliphatic hydroxyl groups excluding tert-OH is 1. The number of aliphatic imine (C=N–C) groups is 1. The standard InChI is InChI=1S/C19H26N6O/c1-12(2)17-8-10-20-18-15(11-22-25(17)18)16-7-9-21-19(24-16)23-13-3-5-14(26)6-4-13/h7,9-14,17,26H,3-6,8H2,1-2H3,(H,21,23,24). The van der Waals surface area contributed by atoms with Crippen LogP contribution in [0.4, 0.5) is 11.8 Å². The predicted molar refractivity (Wildman–Crippen MR) is 102 cm³/mol. The molecule has 1 aliphatic carbocycles. The van der Waals surface area contributed by atoms with Gasteiger partial charge >= 0.3 is 0 Å². The van der Waals surface area contributed by atoms with Gasteiger partial charge in [-0.3, -0.25) is 0 Å². The first-order valence-electron chi connectivity index (χ1n) is 9.50. The van der Waals surface area contributed by atoms with E-state index in [-0.39, 0.29) is 6.10 Å². The zero-order valence-electron chi connectivity index (χ0n) is 15.3. The first kappa shape index (κ1) is 17.1. The van der Waals surface area contributed by atoms with Crippen LogP contribution in [0.2, 0.25) is 0 Å². The molecule has 2 aliphatic rings. The van der Waals surface area contributed by atoms with Crippen molar-refractivity contribution in [1.82, 2.24) is 19.7 Å². The van der Waals surface area contributed by atoms with Gasteiger partial charge in [0.25, 0.3) is 0 Å². The van der Waals surface area contributed by atoms with E-state index in [0.29, 0.717) is 23.9 Å². The lowest BCUT2D eigenvalue weighted by molar-refractivity contribution is 0.126. The number of anilines is 1. The molecule has 1 aliphatic heterocycles. The van der Waals surface area contributed by atoms with Crippen LogP contribution in [0.3, 0.4) is 0 Å². The van der Waals surface area contributed by atoms with Crippen LogP contribution in [0.1, 0.15) is 52.0 Å². The maximum atomic E-state index is 9.65. The van der Waals surface area contributed by atoms with Crippen LogP contribution in [0.15, 0.2) is 23.5 Å². The summed E-state index contributed by atoms with van der Waals surface area (Å²) in [5, 5.41) is 17.6. The number of nitrogens with zero attached hydrogens (tertiary/aromatic N) is 5. The fourth-order valence-corrected chi connectivity index (χ4v) is 3.79. The largest absolute Gasteiger partial charge is 0.393 e. The number of aliphatic hydroxyl groups is 1. The summed E-state index contributed by atoms with van der Waals surface area (Å²) in [5.41, 5.74) is 1.78. The Morgan fingerprint density at radius 1 is 1.23 bits per heavy atom. The molecule has 1 saturated carbocycles. The van der Waals surface area contributed by atoms with Crippen LogP contribution in [0.5, 0.6) is 0 Å². The fraction of sp³-hybridized carbons (Fsp3) is 0.579. The zero-order valence-corrected chi connectivity index (χ0v) is 15.3. The van der Waals surface area contributed by atoms with Crippen molar-refractivity contribution in [3.63, 3.8) is 0 Å². The third-order valence-corrected chi connectivity index (χ3v) is 5.37. The van der Waals surface area contributed by atoms with Crippen molar-refractivity contribution < 1.29 is 5.11 Å². The van der Waals surface area contributed by atoms with Gasteiger partial charge in [0.15, 0.2) is 5.82 Å². The van der Waals surface area contributed by atoms with Crippen LogP contribution >= 0.6 is 0 Å². The number of hydrogen-bond donors (Lipinski definition) is 2. The molecule has 0 bridgehead atoms. The Morgan fingerprint density at radius 2 is 2.04 bits per heavy atom. The van der Waals surface area contributed by atoms with Gasteiger partial charge < -0.3 is 10.4 Å². The highest BCUT2D eigenvalue weighted by molar-refractivity contribution is 5.76.